The fourth-order valence-electron chi connectivity index (χ4n) is 3.48. The molecular formula is C19H26N4O. The minimum Gasteiger partial charge on any atom is -0.341 e. The van der Waals surface area contributed by atoms with E-state index in [9.17, 15) is 4.79 Å². The highest BCUT2D eigenvalue weighted by Gasteiger charge is 2.25. The second kappa shape index (κ2) is 8.08. The van der Waals surface area contributed by atoms with Crippen molar-refractivity contribution in [3.8, 4) is 0 Å². The second-order valence-corrected chi connectivity index (χ2v) is 6.41. The molecule has 3 rings (SSSR count). The van der Waals surface area contributed by atoms with Crippen LogP contribution in [0.2, 0.25) is 0 Å². The number of carbonyl (C=O) groups excluding carboxylic acids is 1. The summed E-state index contributed by atoms with van der Waals surface area (Å²) in [5.74, 6) is 1.39. The highest BCUT2D eigenvalue weighted by molar-refractivity contribution is 5.76. The number of carbonyl (C=O) groups is 1. The van der Waals surface area contributed by atoms with Gasteiger partial charge in [-0.2, -0.15) is 0 Å². The van der Waals surface area contributed by atoms with Crippen molar-refractivity contribution in [1.82, 2.24) is 19.4 Å². The maximum Gasteiger partial charge on any atom is 0.222 e. The predicted molar refractivity (Wildman–Crippen MR) is 93.6 cm³/mol. The lowest BCUT2D eigenvalue weighted by molar-refractivity contribution is -0.132. The highest BCUT2D eigenvalue weighted by Crippen LogP contribution is 2.23. The Balaban J connectivity index is 1.51. The van der Waals surface area contributed by atoms with Crippen LogP contribution in [0.25, 0.3) is 0 Å². The van der Waals surface area contributed by atoms with Crippen molar-refractivity contribution < 1.29 is 4.79 Å². The summed E-state index contributed by atoms with van der Waals surface area (Å²) in [4.78, 5) is 23.3. The lowest BCUT2D eigenvalue weighted by atomic mass is 10.0. The number of aromatic nitrogens is 3. The van der Waals surface area contributed by atoms with E-state index < -0.39 is 0 Å². The Bertz CT molecular complexity index is 652. The highest BCUT2D eigenvalue weighted by atomic mass is 16.2. The minimum atomic E-state index is 0.272. The van der Waals surface area contributed by atoms with Crippen LogP contribution < -0.4 is 0 Å². The zero-order chi connectivity index (χ0) is 16.8. The van der Waals surface area contributed by atoms with E-state index in [0.29, 0.717) is 12.5 Å². The number of piperidine rings is 1. The molecule has 0 N–H and O–H groups in total. The summed E-state index contributed by atoms with van der Waals surface area (Å²) in [6.07, 6.45) is 11.2. The number of imidazole rings is 1. The maximum atomic E-state index is 12.5. The molecule has 0 bridgehead atoms. The van der Waals surface area contributed by atoms with Gasteiger partial charge in [0.2, 0.25) is 5.91 Å². The average molecular weight is 326 g/mol. The molecule has 0 aliphatic carbocycles. The zero-order valence-corrected chi connectivity index (χ0v) is 14.4. The molecule has 24 heavy (non-hydrogen) atoms. The van der Waals surface area contributed by atoms with Crippen molar-refractivity contribution in [2.75, 3.05) is 13.1 Å². The molecule has 0 aromatic carbocycles. The molecule has 0 radical (unpaired) electrons. The first-order chi connectivity index (χ1) is 11.8. The number of amides is 1. The van der Waals surface area contributed by atoms with Gasteiger partial charge >= 0.3 is 0 Å². The van der Waals surface area contributed by atoms with E-state index in [1.165, 1.54) is 0 Å². The van der Waals surface area contributed by atoms with Gasteiger partial charge in [0.05, 0.1) is 6.04 Å². The van der Waals surface area contributed by atoms with Crippen molar-refractivity contribution in [1.29, 1.82) is 0 Å². The van der Waals surface area contributed by atoms with Crippen molar-refractivity contribution >= 4 is 5.91 Å². The van der Waals surface area contributed by atoms with E-state index >= 15 is 0 Å². The van der Waals surface area contributed by atoms with Crippen molar-refractivity contribution in [3.05, 3.63) is 48.3 Å². The molecular weight excluding hydrogens is 300 g/mol. The van der Waals surface area contributed by atoms with Gasteiger partial charge in [0, 0.05) is 50.2 Å². The van der Waals surface area contributed by atoms with Crippen LogP contribution in [0.1, 0.15) is 50.2 Å². The molecule has 1 aliphatic heterocycles. The van der Waals surface area contributed by atoms with E-state index in [-0.39, 0.29) is 5.91 Å². The lowest BCUT2D eigenvalue weighted by Gasteiger charge is -2.34. The Kier molecular flexibility index (Phi) is 5.62. The van der Waals surface area contributed by atoms with Crippen LogP contribution in [0.15, 0.2) is 36.8 Å². The van der Waals surface area contributed by atoms with Gasteiger partial charge in [-0.05, 0) is 37.8 Å². The monoisotopic (exact) mass is 326 g/mol. The van der Waals surface area contributed by atoms with E-state index in [2.05, 4.69) is 27.7 Å². The van der Waals surface area contributed by atoms with Crippen molar-refractivity contribution in [3.63, 3.8) is 0 Å². The molecule has 5 heteroatoms. The van der Waals surface area contributed by atoms with Gasteiger partial charge in [-0.3, -0.25) is 9.78 Å². The Morgan fingerprint density at radius 1 is 1.29 bits per heavy atom. The number of nitrogens with zero attached hydrogens (tertiary/aromatic N) is 4. The number of hydrogen-bond donors (Lipinski definition) is 0. The van der Waals surface area contributed by atoms with Gasteiger partial charge in [-0.15, -0.1) is 0 Å². The fraction of sp³-hybridized carbons (Fsp3) is 0.526. The Labute approximate surface area is 143 Å². The summed E-state index contributed by atoms with van der Waals surface area (Å²) in [7, 11) is 0. The molecule has 2 aromatic rings. The standard InChI is InChI=1S/C19H26N4O/c1-2-18-21-12-14-23(18)17-9-6-13-22(15-17)19(24)10-5-8-16-7-3-4-11-20-16/h3-4,7,11-12,14,17H,2,5-6,8-10,13,15H2,1H3/t17-/m1/s1. The second-order valence-electron chi connectivity index (χ2n) is 6.41. The van der Waals surface area contributed by atoms with Gasteiger partial charge in [0.25, 0.3) is 0 Å². The van der Waals surface area contributed by atoms with Gasteiger partial charge < -0.3 is 9.47 Å². The van der Waals surface area contributed by atoms with Crippen LogP contribution >= 0.6 is 0 Å². The number of pyridine rings is 1. The van der Waals surface area contributed by atoms with Crippen LogP contribution in [-0.2, 0) is 17.6 Å². The molecule has 1 amide bonds. The smallest absolute Gasteiger partial charge is 0.222 e. The van der Waals surface area contributed by atoms with E-state index in [4.69, 9.17) is 0 Å². The zero-order valence-electron chi connectivity index (χ0n) is 14.4. The van der Waals surface area contributed by atoms with Crippen LogP contribution in [0.5, 0.6) is 0 Å². The van der Waals surface area contributed by atoms with Crippen molar-refractivity contribution in [2.45, 2.75) is 51.5 Å². The van der Waals surface area contributed by atoms with Gasteiger partial charge in [0.15, 0.2) is 0 Å². The Morgan fingerprint density at radius 3 is 3.00 bits per heavy atom. The largest absolute Gasteiger partial charge is 0.341 e. The van der Waals surface area contributed by atoms with Crippen molar-refractivity contribution in [2.24, 2.45) is 0 Å². The quantitative estimate of drug-likeness (QED) is 0.820. The average Bonchev–Trinajstić information content (AvgIpc) is 3.11. The fourth-order valence-corrected chi connectivity index (χ4v) is 3.48. The molecule has 2 aromatic heterocycles. The summed E-state index contributed by atoms with van der Waals surface area (Å²) in [5, 5.41) is 0. The SMILES string of the molecule is CCc1nccn1[C@@H]1CCCN(C(=O)CCCc2ccccn2)C1. The molecule has 1 aliphatic rings. The van der Waals surface area contributed by atoms with Crippen LogP contribution in [0.4, 0.5) is 0 Å². The van der Waals surface area contributed by atoms with Crippen LogP contribution in [0.3, 0.4) is 0 Å². The van der Waals surface area contributed by atoms with Crippen LogP contribution in [-0.4, -0.2) is 38.4 Å². The minimum absolute atomic E-state index is 0.272. The number of hydrogen-bond acceptors (Lipinski definition) is 3. The van der Waals surface area contributed by atoms with Gasteiger partial charge in [-0.25, -0.2) is 4.98 Å². The van der Waals surface area contributed by atoms with Crippen LogP contribution in [0, 0.1) is 0 Å². The molecule has 0 spiro atoms. The number of likely N-dealkylation sites (tertiary alicyclic amines) is 1. The number of rotatable bonds is 6. The summed E-state index contributed by atoms with van der Waals surface area (Å²) < 4.78 is 2.26. The third-order valence-corrected chi connectivity index (χ3v) is 4.76. The topological polar surface area (TPSA) is 51.0 Å². The summed E-state index contributed by atoms with van der Waals surface area (Å²) >= 11 is 0. The molecule has 5 nitrogen and oxygen atoms in total. The summed E-state index contributed by atoms with van der Waals surface area (Å²) in [6.45, 7) is 3.82. The molecule has 1 fully saturated rings. The third-order valence-electron chi connectivity index (χ3n) is 4.76. The molecule has 0 saturated carbocycles. The third kappa shape index (κ3) is 4.02. The molecule has 3 heterocycles. The van der Waals surface area contributed by atoms with E-state index in [1.54, 1.807) is 0 Å². The summed E-state index contributed by atoms with van der Waals surface area (Å²) in [5.41, 5.74) is 1.06. The van der Waals surface area contributed by atoms with Gasteiger partial charge in [0.1, 0.15) is 5.82 Å². The Hall–Kier alpha value is -2.17. The van der Waals surface area contributed by atoms with E-state index in [0.717, 1.165) is 56.7 Å². The van der Waals surface area contributed by atoms with E-state index in [1.807, 2.05) is 35.5 Å². The maximum absolute atomic E-state index is 12.5. The first-order valence-electron chi connectivity index (χ1n) is 8.97. The molecule has 1 atom stereocenters. The first kappa shape index (κ1) is 16.7. The lowest BCUT2D eigenvalue weighted by Crippen LogP contribution is -2.40. The summed E-state index contributed by atoms with van der Waals surface area (Å²) in [6, 6.07) is 6.31. The Morgan fingerprint density at radius 2 is 2.21 bits per heavy atom. The predicted octanol–water partition coefficient (Wildman–Crippen LogP) is 3.03. The normalized spacial score (nSPS) is 17.9. The first-order valence-corrected chi connectivity index (χ1v) is 8.97. The van der Waals surface area contributed by atoms with Gasteiger partial charge in [-0.1, -0.05) is 13.0 Å². The molecule has 128 valence electrons. The number of aryl methyl sites for hydroxylation is 2. The molecule has 1 saturated heterocycles. The molecule has 0 unspecified atom stereocenters.